The number of nitrogens with one attached hydrogen (secondary N) is 1. The van der Waals surface area contributed by atoms with E-state index >= 15 is 0 Å². The molecule has 136 valence electrons. The fraction of sp³-hybridized carbons (Fsp3) is 0.412. The number of carbonyl (C=O) groups excluding carboxylic acids is 2. The summed E-state index contributed by atoms with van der Waals surface area (Å²) in [6.45, 7) is 1.70. The number of carbonyl (C=O) groups is 2. The first kappa shape index (κ1) is 19.1. The molecular weight excluding hydrogens is 344 g/mol. The Bertz CT molecular complexity index is 789. The first-order valence-electron chi connectivity index (χ1n) is 7.85. The summed E-state index contributed by atoms with van der Waals surface area (Å²) in [5.74, 6) is -1.12. The molecule has 1 aliphatic rings. The Kier molecular flexibility index (Phi) is 5.64. The van der Waals surface area contributed by atoms with E-state index in [9.17, 15) is 18.0 Å². The smallest absolute Gasteiger partial charge is 0.264 e. The molecule has 0 aromatic heterocycles. The molecule has 8 heteroatoms. The summed E-state index contributed by atoms with van der Waals surface area (Å²) in [6.07, 6.45) is 3.00. The predicted molar refractivity (Wildman–Crippen MR) is 93.4 cm³/mol. The Balaban J connectivity index is 2.10. The summed E-state index contributed by atoms with van der Waals surface area (Å²) < 4.78 is 22.1. The van der Waals surface area contributed by atoms with Crippen molar-refractivity contribution in [3.8, 4) is 0 Å². The molecule has 25 heavy (non-hydrogen) atoms. The molecule has 1 aromatic carbocycles. The summed E-state index contributed by atoms with van der Waals surface area (Å²) >= 11 is 0. The number of nitrogens with zero attached hydrogens (tertiary/aromatic N) is 1. The fourth-order valence-corrected chi connectivity index (χ4v) is 3.54. The van der Waals surface area contributed by atoms with Crippen LogP contribution in [0, 0.1) is 0 Å². The molecule has 1 heterocycles. The molecule has 7 nitrogen and oxygen atoms in total. The normalized spacial score (nSPS) is 17.6. The third-order valence-electron chi connectivity index (χ3n) is 4.66. The zero-order valence-corrected chi connectivity index (χ0v) is 15.0. The minimum atomic E-state index is -3.77. The summed E-state index contributed by atoms with van der Waals surface area (Å²) in [5.41, 5.74) is 3.32. The number of amides is 2. The van der Waals surface area contributed by atoms with Gasteiger partial charge in [0, 0.05) is 19.3 Å². The van der Waals surface area contributed by atoms with Gasteiger partial charge in [0.25, 0.3) is 5.91 Å². The summed E-state index contributed by atoms with van der Waals surface area (Å²) in [5, 5.41) is 8.83. The van der Waals surface area contributed by atoms with Gasteiger partial charge in [0.1, 0.15) is 0 Å². The number of hydroxylamine groups is 1. The van der Waals surface area contributed by atoms with Crippen molar-refractivity contribution in [2.24, 2.45) is 0 Å². The van der Waals surface area contributed by atoms with E-state index in [2.05, 4.69) is 0 Å². The molecule has 0 unspecified atom stereocenters. The highest BCUT2D eigenvalue weighted by Gasteiger charge is 2.43. The van der Waals surface area contributed by atoms with Crippen LogP contribution in [0.1, 0.15) is 25.3 Å². The van der Waals surface area contributed by atoms with Gasteiger partial charge in [-0.1, -0.05) is 36.4 Å². The molecular formula is C17H22N2O5S. The van der Waals surface area contributed by atoms with Gasteiger partial charge >= 0.3 is 0 Å². The van der Waals surface area contributed by atoms with E-state index < -0.39 is 20.5 Å². The van der Waals surface area contributed by atoms with Crippen molar-refractivity contribution >= 4 is 27.2 Å². The van der Waals surface area contributed by atoms with Crippen LogP contribution in [0.5, 0.6) is 0 Å². The molecule has 1 atom stereocenters. The number of sulfone groups is 1. The number of rotatable bonds is 6. The van der Waals surface area contributed by atoms with Gasteiger partial charge in [0.2, 0.25) is 5.91 Å². The first-order valence-corrected chi connectivity index (χ1v) is 9.74. The molecule has 1 aromatic rings. The highest BCUT2D eigenvalue weighted by atomic mass is 32.2. The molecule has 0 fully saturated rings. The molecule has 0 bridgehead atoms. The predicted octanol–water partition coefficient (Wildman–Crippen LogP) is 1.00. The molecule has 2 N–H and O–H groups in total. The van der Waals surface area contributed by atoms with E-state index in [4.69, 9.17) is 5.21 Å². The lowest BCUT2D eigenvalue weighted by molar-refractivity contribution is -0.133. The van der Waals surface area contributed by atoms with Gasteiger partial charge in [0.15, 0.2) is 14.6 Å². The van der Waals surface area contributed by atoms with Crippen LogP contribution >= 0.6 is 0 Å². The Morgan fingerprint density at radius 2 is 1.96 bits per heavy atom. The molecule has 0 spiro atoms. The Morgan fingerprint density at radius 3 is 2.48 bits per heavy atom. The second kappa shape index (κ2) is 7.37. The summed E-state index contributed by atoms with van der Waals surface area (Å²) in [6, 6.07) is 9.57. The standard InChI is InChI=1S/C17H22N2O5S/c1-17(16(21)18-22,25(2,23)24)9-11-19-10-8-14(12-15(19)20)13-6-4-3-5-7-13/h3-8,22H,9-12H2,1-2H3,(H,18,21)/t17-/m1/s1. The van der Waals surface area contributed by atoms with Crippen LogP contribution in [-0.4, -0.2) is 54.4 Å². The second-order valence-electron chi connectivity index (χ2n) is 6.31. The van der Waals surface area contributed by atoms with Crippen molar-refractivity contribution in [2.75, 3.05) is 19.3 Å². The maximum atomic E-state index is 12.4. The van der Waals surface area contributed by atoms with E-state index in [1.165, 1.54) is 17.3 Å². The molecule has 0 radical (unpaired) electrons. The minimum Gasteiger partial charge on any atom is -0.339 e. The van der Waals surface area contributed by atoms with Gasteiger partial charge in [-0.25, -0.2) is 13.9 Å². The Hall–Kier alpha value is -2.19. The maximum Gasteiger partial charge on any atom is 0.264 e. The van der Waals surface area contributed by atoms with Gasteiger partial charge in [-0.15, -0.1) is 0 Å². The average Bonchev–Trinajstić information content (AvgIpc) is 2.59. The topological polar surface area (TPSA) is 104 Å². The van der Waals surface area contributed by atoms with E-state index in [1.54, 1.807) is 0 Å². The van der Waals surface area contributed by atoms with E-state index in [0.29, 0.717) is 6.54 Å². The van der Waals surface area contributed by atoms with Crippen molar-refractivity contribution in [3.05, 3.63) is 42.0 Å². The van der Waals surface area contributed by atoms with Gasteiger partial charge in [0.05, 0.1) is 6.42 Å². The third kappa shape index (κ3) is 4.08. The maximum absolute atomic E-state index is 12.4. The molecule has 2 amide bonds. The third-order valence-corrected chi connectivity index (χ3v) is 6.68. The van der Waals surface area contributed by atoms with Crippen LogP contribution in [0.3, 0.4) is 0 Å². The van der Waals surface area contributed by atoms with Crippen molar-refractivity contribution < 1.29 is 23.2 Å². The first-order chi connectivity index (χ1) is 11.7. The van der Waals surface area contributed by atoms with Crippen molar-refractivity contribution in [2.45, 2.75) is 24.5 Å². The average molecular weight is 366 g/mol. The SMILES string of the molecule is C[C@@](CCN1CC=C(c2ccccc2)CC1=O)(C(=O)NO)S(C)(=O)=O. The van der Waals surface area contributed by atoms with Crippen LogP contribution in [0.25, 0.3) is 5.57 Å². The van der Waals surface area contributed by atoms with Crippen LogP contribution in [0.15, 0.2) is 36.4 Å². The zero-order valence-electron chi connectivity index (χ0n) is 14.2. The monoisotopic (exact) mass is 366 g/mol. The lowest BCUT2D eigenvalue weighted by Crippen LogP contribution is -2.51. The number of hydrogen-bond donors (Lipinski definition) is 2. The van der Waals surface area contributed by atoms with E-state index in [0.717, 1.165) is 17.4 Å². The van der Waals surface area contributed by atoms with Crippen molar-refractivity contribution in [1.29, 1.82) is 0 Å². The van der Waals surface area contributed by atoms with Gasteiger partial charge < -0.3 is 4.90 Å². The molecule has 0 aliphatic carbocycles. The van der Waals surface area contributed by atoms with Crippen molar-refractivity contribution in [1.82, 2.24) is 10.4 Å². The highest BCUT2D eigenvalue weighted by Crippen LogP contribution is 2.26. The Labute approximate surface area is 147 Å². The van der Waals surface area contributed by atoms with E-state index in [1.807, 2.05) is 36.4 Å². The molecule has 2 rings (SSSR count). The lowest BCUT2D eigenvalue weighted by Gasteiger charge is -2.31. The van der Waals surface area contributed by atoms with E-state index in [-0.39, 0.29) is 25.3 Å². The Morgan fingerprint density at radius 1 is 1.32 bits per heavy atom. The van der Waals surface area contributed by atoms with Crippen LogP contribution in [-0.2, 0) is 19.4 Å². The highest BCUT2D eigenvalue weighted by molar-refractivity contribution is 7.92. The minimum absolute atomic E-state index is 0.0987. The largest absolute Gasteiger partial charge is 0.339 e. The number of hydrogen-bond acceptors (Lipinski definition) is 5. The lowest BCUT2D eigenvalue weighted by atomic mass is 9.98. The molecule has 1 aliphatic heterocycles. The fourth-order valence-electron chi connectivity index (χ4n) is 2.69. The van der Waals surface area contributed by atoms with Crippen molar-refractivity contribution in [3.63, 3.8) is 0 Å². The number of benzene rings is 1. The summed E-state index contributed by atoms with van der Waals surface area (Å²) in [7, 11) is -3.77. The molecule has 0 saturated heterocycles. The second-order valence-corrected chi connectivity index (χ2v) is 8.75. The molecule has 0 saturated carbocycles. The van der Waals surface area contributed by atoms with Gasteiger partial charge in [-0.3, -0.25) is 14.8 Å². The summed E-state index contributed by atoms with van der Waals surface area (Å²) in [4.78, 5) is 25.7. The van der Waals surface area contributed by atoms with Crippen LogP contribution < -0.4 is 5.48 Å². The van der Waals surface area contributed by atoms with Gasteiger partial charge in [-0.2, -0.15) is 0 Å². The quantitative estimate of drug-likeness (QED) is 0.577. The van der Waals surface area contributed by atoms with Crippen LogP contribution in [0.4, 0.5) is 0 Å². The zero-order chi connectivity index (χ0) is 18.7. The van der Waals surface area contributed by atoms with Gasteiger partial charge in [-0.05, 0) is 24.5 Å². The van der Waals surface area contributed by atoms with Crippen LogP contribution in [0.2, 0.25) is 0 Å².